The number of nitrogens with zero attached hydrogens (tertiary/aromatic N) is 1. The number of hydrogen-bond donors (Lipinski definition) is 2. The van der Waals surface area contributed by atoms with Gasteiger partial charge in [0.2, 0.25) is 11.8 Å². The molecule has 0 saturated carbocycles. The number of thiophene rings is 1. The molecule has 0 spiro atoms. The van der Waals surface area contributed by atoms with Crippen molar-refractivity contribution in [1.29, 1.82) is 0 Å². The first-order valence-electron chi connectivity index (χ1n) is 10.9. The van der Waals surface area contributed by atoms with Crippen molar-refractivity contribution < 1.29 is 23.2 Å². The molecule has 2 heterocycles. The van der Waals surface area contributed by atoms with Crippen molar-refractivity contribution in [1.82, 2.24) is 10.6 Å². The summed E-state index contributed by atoms with van der Waals surface area (Å²) in [5.41, 5.74) is 0.290. The van der Waals surface area contributed by atoms with Gasteiger partial charge in [-0.1, -0.05) is 35.9 Å². The zero-order chi connectivity index (χ0) is 25.5. The minimum absolute atomic E-state index is 0.0117. The predicted molar refractivity (Wildman–Crippen MR) is 135 cm³/mol. The Balaban J connectivity index is 1.68. The quantitative estimate of drug-likeness (QED) is 0.323. The summed E-state index contributed by atoms with van der Waals surface area (Å²) in [5.74, 6) is -1.86. The molecule has 1 unspecified atom stereocenters. The van der Waals surface area contributed by atoms with Crippen molar-refractivity contribution in [2.45, 2.75) is 12.6 Å². The van der Waals surface area contributed by atoms with Crippen LogP contribution in [0.3, 0.4) is 0 Å². The van der Waals surface area contributed by atoms with Gasteiger partial charge in [0, 0.05) is 16.3 Å². The number of carbonyl (C=O) groups excluding carboxylic acids is 3. The molecule has 10 heteroatoms. The fraction of sp³-hybridized carbons (Fsp3) is 0.115. The lowest BCUT2D eigenvalue weighted by molar-refractivity contribution is -0.126. The summed E-state index contributed by atoms with van der Waals surface area (Å²) in [5, 5.41) is 7.45. The number of furan rings is 1. The van der Waals surface area contributed by atoms with Gasteiger partial charge in [-0.25, -0.2) is 4.39 Å². The molecule has 7 nitrogen and oxygen atoms in total. The Morgan fingerprint density at radius 1 is 0.972 bits per heavy atom. The van der Waals surface area contributed by atoms with Crippen LogP contribution >= 0.6 is 22.9 Å². The van der Waals surface area contributed by atoms with E-state index in [-0.39, 0.29) is 12.1 Å². The SMILES string of the molecule is O=C(NCC(=O)N(c1ccc(Cl)cc1)C(C(=O)NCc1ccco1)c1ccccc1F)c1cccs1. The fourth-order valence-corrected chi connectivity index (χ4v) is 4.32. The lowest BCUT2D eigenvalue weighted by Gasteiger charge is -2.31. The van der Waals surface area contributed by atoms with E-state index in [0.29, 0.717) is 21.3 Å². The van der Waals surface area contributed by atoms with Crippen LogP contribution in [0.25, 0.3) is 0 Å². The number of amides is 3. The van der Waals surface area contributed by atoms with Crippen LogP contribution < -0.4 is 15.5 Å². The topological polar surface area (TPSA) is 91.7 Å². The average Bonchev–Trinajstić information content (AvgIpc) is 3.60. The molecule has 0 radical (unpaired) electrons. The summed E-state index contributed by atoms with van der Waals surface area (Å²) in [6.07, 6.45) is 1.47. The Kier molecular flexibility index (Phi) is 8.14. The van der Waals surface area contributed by atoms with Gasteiger partial charge < -0.3 is 15.1 Å². The third kappa shape index (κ3) is 5.99. The van der Waals surface area contributed by atoms with Gasteiger partial charge in [-0.05, 0) is 53.9 Å². The summed E-state index contributed by atoms with van der Waals surface area (Å²) in [6, 6.07) is 17.3. The molecule has 4 aromatic rings. The van der Waals surface area contributed by atoms with E-state index in [9.17, 15) is 18.8 Å². The molecule has 3 amide bonds. The van der Waals surface area contributed by atoms with Gasteiger partial charge in [-0.2, -0.15) is 0 Å². The van der Waals surface area contributed by atoms with Crippen LogP contribution in [0, 0.1) is 5.82 Å². The second kappa shape index (κ2) is 11.7. The van der Waals surface area contributed by atoms with Crippen LogP contribution in [-0.4, -0.2) is 24.3 Å². The van der Waals surface area contributed by atoms with Crippen molar-refractivity contribution in [3.8, 4) is 0 Å². The van der Waals surface area contributed by atoms with Crippen LogP contribution in [0.15, 0.2) is 88.9 Å². The molecule has 2 aromatic heterocycles. The molecular weight excluding hydrogens is 505 g/mol. The molecule has 4 rings (SSSR count). The van der Waals surface area contributed by atoms with Crippen LogP contribution in [0.1, 0.15) is 27.0 Å². The summed E-state index contributed by atoms with van der Waals surface area (Å²) < 4.78 is 20.3. The van der Waals surface area contributed by atoms with Gasteiger partial charge >= 0.3 is 0 Å². The minimum atomic E-state index is -1.38. The number of rotatable bonds is 9. The summed E-state index contributed by atoms with van der Waals surface area (Å²) >= 11 is 7.27. The molecule has 0 aliphatic rings. The van der Waals surface area contributed by atoms with E-state index in [0.717, 1.165) is 4.90 Å². The first kappa shape index (κ1) is 25.2. The molecule has 36 heavy (non-hydrogen) atoms. The minimum Gasteiger partial charge on any atom is -0.467 e. The number of hydrogen-bond acceptors (Lipinski definition) is 5. The van der Waals surface area contributed by atoms with Gasteiger partial charge in [-0.3, -0.25) is 19.3 Å². The van der Waals surface area contributed by atoms with Crippen LogP contribution in [0.2, 0.25) is 5.02 Å². The molecule has 0 saturated heterocycles. The molecule has 0 aliphatic carbocycles. The largest absolute Gasteiger partial charge is 0.467 e. The van der Waals surface area contributed by atoms with Gasteiger partial charge in [-0.15, -0.1) is 11.3 Å². The van der Waals surface area contributed by atoms with Crippen molar-refractivity contribution in [2.24, 2.45) is 0 Å². The lowest BCUT2D eigenvalue weighted by Crippen LogP contribution is -2.47. The van der Waals surface area contributed by atoms with Gasteiger partial charge in [0.25, 0.3) is 5.91 Å². The summed E-state index contributed by atoms with van der Waals surface area (Å²) in [7, 11) is 0. The molecule has 2 N–H and O–H groups in total. The standard InChI is InChI=1S/C26H21ClFN3O4S/c27-17-9-11-18(12-10-17)31(23(32)16-30-25(33)22-8-4-14-36-22)24(20-6-1-2-7-21(20)28)26(34)29-15-19-5-3-13-35-19/h1-14,24H,15-16H2,(H,29,34)(H,30,33). The van der Waals surface area contributed by atoms with Crippen LogP contribution in [0.5, 0.6) is 0 Å². The van der Waals surface area contributed by atoms with E-state index in [1.54, 1.807) is 60.0 Å². The Bertz CT molecular complexity index is 1330. The Labute approximate surface area is 215 Å². The zero-order valence-electron chi connectivity index (χ0n) is 18.8. The van der Waals surface area contributed by atoms with Gasteiger partial charge in [0.05, 0.1) is 24.2 Å². The van der Waals surface area contributed by atoms with Gasteiger partial charge in [0.1, 0.15) is 17.6 Å². The number of benzene rings is 2. The Hall–Kier alpha value is -3.95. The molecular formula is C26H21ClFN3O4S. The highest BCUT2D eigenvalue weighted by Gasteiger charge is 2.34. The van der Waals surface area contributed by atoms with Crippen molar-refractivity contribution in [3.05, 3.63) is 111 Å². The zero-order valence-corrected chi connectivity index (χ0v) is 20.4. The van der Waals surface area contributed by atoms with E-state index in [4.69, 9.17) is 16.0 Å². The molecule has 0 aliphatic heterocycles. The Morgan fingerprint density at radius 2 is 1.75 bits per heavy atom. The van der Waals surface area contributed by atoms with Gasteiger partial charge in [0.15, 0.2) is 0 Å². The monoisotopic (exact) mass is 525 g/mol. The maximum absolute atomic E-state index is 15.0. The lowest BCUT2D eigenvalue weighted by atomic mass is 10.0. The van der Waals surface area contributed by atoms with E-state index >= 15 is 0 Å². The third-order valence-electron chi connectivity index (χ3n) is 5.24. The molecule has 0 fully saturated rings. The second-order valence-electron chi connectivity index (χ2n) is 7.62. The highest BCUT2D eigenvalue weighted by Crippen LogP contribution is 2.30. The van der Waals surface area contributed by atoms with Crippen LogP contribution in [-0.2, 0) is 16.1 Å². The fourth-order valence-electron chi connectivity index (χ4n) is 3.55. The third-order valence-corrected chi connectivity index (χ3v) is 6.36. The van der Waals surface area contributed by atoms with Crippen molar-refractivity contribution in [3.63, 3.8) is 0 Å². The number of halogens is 2. The van der Waals surface area contributed by atoms with Crippen molar-refractivity contribution in [2.75, 3.05) is 11.4 Å². The van der Waals surface area contributed by atoms with E-state index in [1.807, 2.05) is 0 Å². The first-order valence-corrected chi connectivity index (χ1v) is 12.1. The molecule has 0 bridgehead atoms. The maximum Gasteiger partial charge on any atom is 0.261 e. The van der Waals surface area contributed by atoms with E-state index in [1.165, 1.54) is 35.8 Å². The summed E-state index contributed by atoms with van der Waals surface area (Å²) in [4.78, 5) is 41.0. The highest BCUT2D eigenvalue weighted by molar-refractivity contribution is 7.12. The molecule has 184 valence electrons. The number of carbonyl (C=O) groups is 3. The normalized spacial score (nSPS) is 11.5. The highest BCUT2D eigenvalue weighted by atomic mass is 35.5. The second-order valence-corrected chi connectivity index (χ2v) is 9.01. The molecule has 1 atom stereocenters. The van der Waals surface area contributed by atoms with Crippen LogP contribution in [0.4, 0.5) is 10.1 Å². The first-order chi connectivity index (χ1) is 17.4. The number of nitrogens with one attached hydrogen (secondary N) is 2. The number of anilines is 1. The van der Waals surface area contributed by atoms with E-state index < -0.39 is 36.1 Å². The summed E-state index contributed by atoms with van der Waals surface area (Å²) in [6.45, 7) is -0.385. The van der Waals surface area contributed by atoms with E-state index in [2.05, 4.69) is 10.6 Å². The Morgan fingerprint density at radius 3 is 2.42 bits per heavy atom. The molecule has 2 aromatic carbocycles. The maximum atomic E-state index is 15.0. The predicted octanol–water partition coefficient (Wildman–Crippen LogP) is 4.95. The smallest absolute Gasteiger partial charge is 0.261 e. The van der Waals surface area contributed by atoms with Crippen molar-refractivity contribution >= 4 is 46.3 Å². The average molecular weight is 526 g/mol.